The summed E-state index contributed by atoms with van der Waals surface area (Å²) in [6.45, 7) is 0. The van der Waals surface area contributed by atoms with Crippen LogP contribution in [0.25, 0.3) is 32.8 Å². The van der Waals surface area contributed by atoms with Crippen molar-refractivity contribution in [1.29, 1.82) is 0 Å². The summed E-state index contributed by atoms with van der Waals surface area (Å²) in [5.74, 6) is -0.732. The van der Waals surface area contributed by atoms with Crippen LogP contribution in [-0.4, -0.2) is 16.8 Å². The van der Waals surface area contributed by atoms with Gasteiger partial charge in [-0.2, -0.15) is 0 Å². The highest BCUT2D eigenvalue weighted by molar-refractivity contribution is 6.50. The van der Waals surface area contributed by atoms with Gasteiger partial charge in [-0.3, -0.25) is 14.9 Å². The summed E-state index contributed by atoms with van der Waals surface area (Å²) < 4.78 is 0. The molecule has 0 radical (unpaired) electrons. The first kappa shape index (κ1) is 14.7. The van der Waals surface area contributed by atoms with Crippen LogP contribution in [0.15, 0.2) is 72.8 Å². The molecule has 4 nitrogen and oxygen atoms in total. The maximum absolute atomic E-state index is 12.6. The van der Waals surface area contributed by atoms with Gasteiger partial charge in [-0.25, -0.2) is 0 Å². The zero-order valence-electron chi connectivity index (χ0n) is 13.7. The van der Waals surface area contributed by atoms with Gasteiger partial charge in [0.15, 0.2) is 0 Å². The van der Waals surface area contributed by atoms with E-state index >= 15 is 0 Å². The van der Waals surface area contributed by atoms with Crippen molar-refractivity contribution in [2.45, 2.75) is 0 Å². The predicted molar refractivity (Wildman–Crippen MR) is 102 cm³/mol. The van der Waals surface area contributed by atoms with Gasteiger partial charge in [0.1, 0.15) is 0 Å². The predicted octanol–water partition coefficient (Wildman–Crippen LogP) is 3.89. The number of nitrogens with one attached hydrogen (secondary N) is 2. The number of benzene rings is 3. The van der Waals surface area contributed by atoms with E-state index in [4.69, 9.17) is 0 Å². The van der Waals surface area contributed by atoms with Gasteiger partial charge in [-0.15, -0.1) is 0 Å². The van der Waals surface area contributed by atoms with E-state index in [2.05, 4.69) is 10.3 Å². The average Bonchev–Trinajstić information content (AvgIpc) is 3.21. The molecule has 3 aromatic carbocycles. The number of imide groups is 1. The quantitative estimate of drug-likeness (QED) is 0.545. The van der Waals surface area contributed by atoms with Gasteiger partial charge in [-0.05, 0) is 28.5 Å². The summed E-state index contributed by atoms with van der Waals surface area (Å²) in [7, 11) is 0. The number of hydrogen-bond acceptors (Lipinski definition) is 2. The molecule has 0 unspecified atom stereocenters. The number of fused-ring (bicyclic) bond motifs is 2. The molecule has 4 heteroatoms. The van der Waals surface area contributed by atoms with Crippen LogP contribution in [0.4, 0.5) is 0 Å². The molecule has 1 aromatic heterocycles. The van der Waals surface area contributed by atoms with Gasteiger partial charge in [-0.1, -0.05) is 60.7 Å². The van der Waals surface area contributed by atoms with Gasteiger partial charge >= 0.3 is 0 Å². The molecule has 0 fully saturated rings. The number of aromatic amines is 1. The first-order chi connectivity index (χ1) is 12.7. The summed E-state index contributed by atoms with van der Waals surface area (Å²) in [5, 5.41) is 5.43. The Morgan fingerprint density at radius 3 is 2.19 bits per heavy atom. The first-order valence-corrected chi connectivity index (χ1v) is 8.38. The van der Waals surface area contributed by atoms with Crippen molar-refractivity contribution in [2.75, 3.05) is 0 Å². The summed E-state index contributed by atoms with van der Waals surface area (Å²) in [5.41, 5.74) is 3.15. The van der Waals surface area contributed by atoms with Crippen LogP contribution in [0, 0.1) is 0 Å². The Hall–Kier alpha value is -3.66. The molecule has 1 aliphatic heterocycles. The van der Waals surface area contributed by atoms with Crippen LogP contribution in [0.1, 0.15) is 11.3 Å². The molecule has 0 aliphatic carbocycles. The van der Waals surface area contributed by atoms with Crippen molar-refractivity contribution in [2.24, 2.45) is 0 Å². The molecule has 2 amide bonds. The average molecular weight is 338 g/mol. The van der Waals surface area contributed by atoms with E-state index in [-0.39, 0.29) is 11.8 Å². The van der Waals surface area contributed by atoms with Crippen LogP contribution in [0.2, 0.25) is 0 Å². The lowest BCUT2D eigenvalue weighted by Gasteiger charge is -2.07. The minimum atomic E-state index is -0.371. The molecule has 0 bridgehead atoms. The lowest BCUT2D eigenvalue weighted by Crippen LogP contribution is -2.22. The first-order valence-electron chi connectivity index (χ1n) is 8.38. The summed E-state index contributed by atoms with van der Waals surface area (Å²) in [4.78, 5) is 28.5. The molecule has 2 N–H and O–H groups in total. The van der Waals surface area contributed by atoms with Gasteiger partial charge < -0.3 is 4.98 Å². The Morgan fingerprint density at radius 1 is 0.654 bits per heavy atom. The molecule has 2 heterocycles. The number of amides is 2. The van der Waals surface area contributed by atoms with E-state index in [0.29, 0.717) is 16.8 Å². The van der Waals surface area contributed by atoms with E-state index in [1.165, 1.54) is 0 Å². The van der Waals surface area contributed by atoms with E-state index in [9.17, 15) is 9.59 Å². The van der Waals surface area contributed by atoms with Crippen molar-refractivity contribution in [3.63, 3.8) is 0 Å². The highest BCUT2D eigenvalue weighted by Gasteiger charge is 2.33. The number of carbonyl (C=O) groups is 2. The van der Waals surface area contributed by atoms with Crippen molar-refractivity contribution >= 4 is 44.6 Å². The Bertz CT molecular complexity index is 1210. The van der Waals surface area contributed by atoms with Crippen LogP contribution in [0.3, 0.4) is 0 Å². The van der Waals surface area contributed by atoms with Crippen LogP contribution >= 0.6 is 0 Å². The molecule has 0 saturated carbocycles. The fourth-order valence-electron chi connectivity index (χ4n) is 3.62. The minimum Gasteiger partial charge on any atom is -0.354 e. The standard InChI is InChI=1S/C22H14N2O2/c25-21-19(16-10-5-8-13-6-1-3-9-15(13)16)20(22(26)24-21)18-12-14-7-2-4-11-17(14)23-18/h1-12,23H,(H,24,25,26). The van der Waals surface area contributed by atoms with E-state index in [1.807, 2.05) is 72.8 Å². The van der Waals surface area contributed by atoms with Gasteiger partial charge in [0, 0.05) is 10.9 Å². The maximum atomic E-state index is 12.6. The molecular formula is C22H14N2O2. The Morgan fingerprint density at radius 2 is 1.35 bits per heavy atom. The van der Waals surface area contributed by atoms with Crippen LogP contribution in [-0.2, 0) is 9.59 Å². The second kappa shape index (κ2) is 5.43. The van der Waals surface area contributed by atoms with Crippen molar-refractivity contribution in [1.82, 2.24) is 10.3 Å². The Kier molecular flexibility index (Phi) is 3.06. The molecule has 0 atom stereocenters. The number of rotatable bonds is 2. The number of aromatic nitrogens is 1. The Labute approximate surface area is 149 Å². The smallest absolute Gasteiger partial charge is 0.261 e. The molecule has 26 heavy (non-hydrogen) atoms. The molecule has 0 spiro atoms. The van der Waals surface area contributed by atoms with Crippen LogP contribution in [0.5, 0.6) is 0 Å². The maximum Gasteiger partial charge on any atom is 0.261 e. The lowest BCUT2D eigenvalue weighted by atomic mass is 9.94. The summed E-state index contributed by atoms with van der Waals surface area (Å²) in [6, 6.07) is 23.4. The highest BCUT2D eigenvalue weighted by atomic mass is 16.2. The number of para-hydroxylation sites is 1. The Balaban J connectivity index is 1.83. The van der Waals surface area contributed by atoms with E-state index in [0.717, 1.165) is 27.2 Å². The van der Waals surface area contributed by atoms with Crippen LogP contribution < -0.4 is 5.32 Å². The highest BCUT2D eigenvalue weighted by Crippen LogP contribution is 2.35. The van der Waals surface area contributed by atoms with E-state index in [1.54, 1.807) is 0 Å². The molecule has 0 saturated heterocycles. The number of hydrogen-bond donors (Lipinski definition) is 2. The molecular weight excluding hydrogens is 324 g/mol. The van der Waals surface area contributed by atoms with Crippen molar-refractivity contribution in [3.05, 3.63) is 84.1 Å². The monoisotopic (exact) mass is 338 g/mol. The van der Waals surface area contributed by atoms with Crippen molar-refractivity contribution in [3.8, 4) is 0 Å². The third kappa shape index (κ3) is 2.09. The zero-order valence-corrected chi connectivity index (χ0v) is 13.7. The normalized spacial score (nSPS) is 14.5. The summed E-state index contributed by atoms with van der Waals surface area (Å²) in [6.07, 6.45) is 0. The van der Waals surface area contributed by atoms with E-state index < -0.39 is 0 Å². The molecule has 4 aromatic rings. The number of carbonyl (C=O) groups excluding carboxylic acids is 2. The van der Waals surface area contributed by atoms with Gasteiger partial charge in [0.05, 0.1) is 16.8 Å². The molecule has 124 valence electrons. The third-order valence-corrected chi connectivity index (χ3v) is 4.79. The second-order valence-electron chi connectivity index (χ2n) is 6.33. The molecule has 5 rings (SSSR count). The SMILES string of the molecule is O=C1NC(=O)C(c2cccc3ccccc23)=C1c1cc2ccccc2[nH]1. The number of H-pyrrole nitrogens is 1. The minimum absolute atomic E-state index is 0.361. The van der Waals surface area contributed by atoms with Crippen molar-refractivity contribution < 1.29 is 9.59 Å². The summed E-state index contributed by atoms with van der Waals surface area (Å²) >= 11 is 0. The topological polar surface area (TPSA) is 62.0 Å². The fourth-order valence-corrected chi connectivity index (χ4v) is 3.62. The zero-order chi connectivity index (χ0) is 17.7. The second-order valence-corrected chi connectivity index (χ2v) is 6.33. The largest absolute Gasteiger partial charge is 0.354 e. The van der Waals surface area contributed by atoms with Gasteiger partial charge in [0.25, 0.3) is 11.8 Å². The third-order valence-electron chi connectivity index (χ3n) is 4.79. The fraction of sp³-hybridized carbons (Fsp3) is 0. The van der Waals surface area contributed by atoms with Gasteiger partial charge in [0.2, 0.25) is 0 Å². The lowest BCUT2D eigenvalue weighted by molar-refractivity contribution is -0.122. The molecule has 1 aliphatic rings.